The minimum Gasteiger partial charge on any atom is -0.493 e. The number of methoxy groups -OCH3 is 1. The van der Waals surface area contributed by atoms with Gasteiger partial charge in [-0.2, -0.15) is 0 Å². The Morgan fingerprint density at radius 2 is 1.85 bits per heavy atom. The summed E-state index contributed by atoms with van der Waals surface area (Å²) in [6, 6.07) is 10.0. The number of amides is 1. The van der Waals surface area contributed by atoms with Crippen molar-refractivity contribution in [3.05, 3.63) is 47.5 Å². The predicted molar refractivity (Wildman–Crippen MR) is 149 cm³/mol. The van der Waals surface area contributed by atoms with Crippen LogP contribution in [0.5, 0.6) is 23.0 Å². The van der Waals surface area contributed by atoms with Gasteiger partial charge >= 0.3 is 5.97 Å². The molecule has 41 heavy (non-hydrogen) atoms. The van der Waals surface area contributed by atoms with E-state index in [4.69, 9.17) is 18.9 Å². The van der Waals surface area contributed by atoms with Gasteiger partial charge in [-0.25, -0.2) is 0 Å². The third-order valence-electron chi connectivity index (χ3n) is 7.74. The zero-order valence-electron chi connectivity index (χ0n) is 23.7. The lowest BCUT2D eigenvalue weighted by molar-refractivity contribution is -0.144. The summed E-state index contributed by atoms with van der Waals surface area (Å²) in [5.41, 5.74) is 1.20. The fourth-order valence-corrected chi connectivity index (χ4v) is 5.63. The highest BCUT2D eigenvalue weighted by molar-refractivity contribution is 5.79. The van der Waals surface area contributed by atoms with Gasteiger partial charge < -0.3 is 39.2 Å². The van der Waals surface area contributed by atoms with Crippen LogP contribution >= 0.6 is 0 Å². The molecule has 0 aromatic heterocycles. The van der Waals surface area contributed by atoms with E-state index in [9.17, 15) is 24.9 Å². The Hall–Kier alpha value is -3.54. The van der Waals surface area contributed by atoms with E-state index in [1.807, 2.05) is 11.0 Å². The molecule has 2 aromatic carbocycles. The fourth-order valence-electron chi connectivity index (χ4n) is 5.63. The van der Waals surface area contributed by atoms with Gasteiger partial charge in [0.05, 0.1) is 32.2 Å². The minimum atomic E-state index is -1.01. The van der Waals surface area contributed by atoms with E-state index in [1.54, 1.807) is 35.2 Å². The first-order valence-corrected chi connectivity index (χ1v) is 14.1. The lowest BCUT2D eigenvalue weighted by atomic mass is 9.84. The lowest BCUT2D eigenvalue weighted by Gasteiger charge is -2.29. The molecular weight excluding hydrogens is 532 g/mol. The fraction of sp³-hybridized carbons (Fsp3) is 0.533. The van der Waals surface area contributed by atoms with Gasteiger partial charge in [0, 0.05) is 37.7 Å². The summed E-state index contributed by atoms with van der Waals surface area (Å²) in [4.78, 5) is 30.0. The van der Waals surface area contributed by atoms with E-state index in [1.165, 1.54) is 7.11 Å². The smallest absolute Gasteiger partial charge is 0.308 e. The molecule has 1 amide bonds. The Morgan fingerprint density at radius 1 is 1.10 bits per heavy atom. The highest BCUT2D eigenvalue weighted by atomic mass is 16.7. The largest absolute Gasteiger partial charge is 0.493 e. The maximum absolute atomic E-state index is 13.5. The number of rotatable bonds is 15. The number of likely N-dealkylation sites (tertiary alicyclic amines) is 1. The highest BCUT2D eigenvalue weighted by Gasteiger charge is 2.48. The standard InChI is InChI=1S/C30H40N2O9/c1-3-4-10-31(11-7-12-33)27(35)16-32-15-22(20-13-21(17-34)29-26(14-20)40-19-41-29)28(30(36)37)23(32)18-39-25-9-6-5-8-24(25)38-2/h5-6,8-9,13-14,22-23,28,33-34H,3-4,7,10-12,15-19H2,1-2H3,(H,36,37)/t22-,23+,28-/m1/s1. The van der Waals surface area contributed by atoms with Crippen molar-refractivity contribution < 1.29 is 43.9 Å². The average Bonchev–Trinajstić information content (AvgIpc) is 3.60. The van der Waals surface area contributed by atoms with Gasteiger partial charge in [-0.3, -0.25) is 14.5 Å². The second-order valence-electron chi connectivity index (χ2n) is 10.3. The van der Waals surface area contributed by atoms with E-state index in [2.05, 4.69) is 6.92 Å². The van der Waals surface area contributed by atoms with Crippen LogP contribution in [-0.2, 0) is 16.2 Å². The number of aliphatic carboxylic acids is 1. The number of carbonyl (C=O) groups is 2. The van der Waals surface area contributed by atoms with Crippen molar-refractivity contribution in [2.45, 2.75) is 44.8 Å². The van der Waals surface area contributed by atoms with Gasteiger partial charge in [0.15, 0.2) is 23.0 Å². The molecule has 0 unspecified atom stereocenters. The maximum atomic E-state index is 13.5. The van der Waals surface area contributed by atoms with Crippen LogP contribution in [0.1, 0.15) is 43.2 Å². The second-order valence-corrected chi connectivity index (χ2v) is 10.3. The number of hydrogen-bond donors (Lipinski definition) is 3. The summed E-state index contributed by atoms with van der Waals surface area (Å²) in [6.45, 7) is 3.08. The number of unbranched alkanes of at least 4 members (excludes halogenated alkanes) is 1. The summed E-state index contributed by atoms with van der Waals surface area (Å²) in [7, 11) is 1.54. The minimum absolute atomic E-state index is 0.00673. The normalized spacial score (nSPS) is 19.8. The van der Waals surface area contributed by atoms with Gasteiger partial charge in [-0.05, 0) is 42.7 Å². The van der Waals surface area contributed by atoms with Crippen LogP contribution in [0.15, 0.2) is 36.4 Å². The van der Waals surface area contributed by atoms with Crippen LogP contribution < -0.4 is 18.9 Å². The zero-order valence-corrected chi connectivity index (χ0v) is 23.7. The number of hydrogen-bond acceptors (Lipinski definition) is 9. The van der Waals surface area contributed by atoms with Gasteiger partial charge in [0.25, 0.3) is 0 Å². The number of carboxylic acids is 1. The highest BCUT2D eigenvalue weighted by Crippen LogP contribution is 2.44. The molecule has 0 aliphatic carbocycles. The molecule has 2 heterocycles. The Kier molecular flexibility index (Phi) is 10.7. The molecular formula is C30H40N2O9. The van der Waals surface area contributed by atoms with Crippen LogP contribution in [0.25, 0.3) is 0 Å². The molecule has 2 aliphatic rings. The quantitative estimate of drug-likeness (QED) is 0.292. The van der Waals surface area contributed by atoms with Gasteiger partial charge in [-0.15, -0.1) is 0 Å². The molecule has 0 radical (unpaired) electrons. The van der Waals surface area contributed by atoms with Crippen LogP contribution in [-0.4, -0.2) is 96.3 Å². The Labute approximate surface area is 240 Å². The van der Waals surface area contributed by atoms with Crippen molar-refractivity contribution in [3.8, 4) is 23.0 Å². The molecule has 11 nitrogen and oxygen atoms in total. The Bertz CT molecular complexity index is 1180. The number of aliphatic hydroxyl groups excluding tert-OH is 2. The van der Waals surface area contributed by atoms with E-state index in [0.29, 0.717) is 53.6 Å². The maximum Gasteiger partial charge on any atom is 0.308 e. The van der Waals surface area contributed by atoms with Crippen LogP contribution in [0.3, 0.4) is 0 Å². The molecule has 2 aliphatic heterocycles. The Balaban J connectivity index is 1.66. The lowest BCUT2D eigenvalue weighted by Crippen LogP contribution is -2.46. The summed E-state index contributed by atoms with van der Waals surface area (Å²) in [6.07, 6.45) is 2.22. The molecule has 11 heteroatoms. The number of nitrogens with zero attached hydrogens (tertiary/aromatic N) is 2. The summed E-state index contributed by atoms with van der Waals surface area (Å²) >= 11 is 0. The number of aliphatic hydroxyl groups is 2. The molecule has 4 rings (SSSR count). The summed E-state index contributed by atoms with van der Waals surface area (Å²) in [5, 5.41) is 29.8. The van der Waals surface area contributed by atoms with Crippen LogP contribution in [0.4, 0.5) is 0 Å². The van der Waals surface area contributed by atoms with E-state index >= 15 is 0 Å². The number of ether oxygens (including phenoxy) is 4. The van der Waals surface area contributed by atoms with Gasteiger partial charge in [-0.1, -0.05) is 25.5 Å². The molecule has 224 valence electrons. The first-order valence-electron chi connectivity index (χ1n) is 14.1. The number of benzene rings is 2. The number of fused-ring (bicyclic) bond motifs is 1. The van der Waals surface area contributed by atoms with Crippen molar-refractivity contribution >= 4 is 11.9 Å². The third kappa shape index (κ3) is 7.03. The number of para-hydroxylation sites is 2. The molecule has 3 N–H and O–H groups in total. The molecule has 0 bridgehead atoms. The molecule has 1 fully saturated rings. The topological polar surface area (TPSA) is 138 Å². The van der Waals surface area contributed by atoms with Gasteiger partial charge in [0.2, 0.25) is 12.7 Å². The average molecular weight is 573 g/mol. The molecule has 3 atom stereocenters. The molecule has 1 saturated heterocycles. The number of carbonyl (C=O) groups excluding carboxylic acids is 1. The predicted octanol–water partition coefficient (Wildman–Crippen LogP) is 2.47. The van der Waals surface area contributed by atoms with Crippen LogP contribution in [0.2, 0.25) is 0 Å². The van der Waals surface area contributed by atoms with Crippen molar-refractivity contribution in [2.24, 2.45) is 5.92 Å². The SMILES string of the molecule is CCCCN(CCCO)C(=O)CN1C[C@H](c2cc(CO)c3c(c2)OCO3)[C@@H](C(=O)O)[C@@H]1COc1ccccc1OC. The van der Waals surface area contributed by atoms with Crippen molar-refractivity contribution in [1.82, 2.24) is 9.80 Å². The van der Waals surface area contributed by atoms with E-state index < -0.39 is 23.8 Å². The van der Waals surface area contributed by atoms with Gasteiger partial charge in [0.1, 0.15) is 6.61 Å². The van der Waals surface area contributed by atoms with Crippen molar-refractivity contribution in [3.63, 3.8) is 0 Å². The Morgan fingerprint density at radius 3 is 2.54 bits per heavy atom. The third-order valence-corrected chi connectivity index (χ3v) is 7.74. The summed E-state index contributed by atoms with van der Waals surface area (Å²) < 4.78 is 22.6. The van der Waals surface area contributed by atoms with E-state index in [-0.39, 0.29) is 45.6 Å². The molecule has 2 aromatic rings. The number of carboxylic acid groups (broad SMARTS) is 1. The first kappa shape index (κ1) is 30.4. The molecule has 0 saturated carbocycles. The zero-order chi connectivity index (χ0) is 29.4. The molecule has 0 spiro atoms. The monoisotopic (exact) mass is 572 g/mol. The van der Waals surface area contributed by atoms with Crippen molar-refractivity contribution in [2.75, 3.05) is 53.3 Å². The summed E-state index contributed by atoms with van der Waals surface area (Å²) in [5.74, 6) is -0.632. The van der Waals surface area contributed by atoms with Crippen molar-refractivity contribution in [1.29, 1.82) is 0 Å². The van der Waals surface area contributed by atoms with Crippen LogP contribution in [0, 0.1) is 5.92 Å². The second kappa shape index (κ2) is 14.4. The van der Waals surface area contributed by atoms with E-state index in [0.717, 1.165) is 12.8 Å². The first-order chi connectivity index (χ1) is 19.9.